The zero-order valence-electron chi connectivity index (χ0n) is 16.4. The maximum atomic E-state index is 12.7. The average Bonchev–Trinajstić information content (AvgIpc) is 3.30. The zero-order valence-corrected chi connectivity index (χ0v) is 17.2. The van der Waals surface area contributed by atoms with Crippen molar-refractivity contribution in [2.45, 2.75) is 38.9 Å². The topological polar surface area (TPSA) is 96.5 Å². The van der Waals surface area contributed by atoms with E-state index >= 15 is 0 Å². The van der Waals surface area contributed by atoms with E-state index in [1.165, 1.54) is 23.5 Å². The molecule has 0 aliphatic heterocycles. The van der Waals surface area contributed by atoms with Gasteiger partial charge in [-0.3, -0.25) is 4.79 Å². The molecule has 1 aromatic carbocycles. The first-order valence-corrected chi connectivity index (χ1v) is 10.4. The Morgan fingerprint density at radius 2 is 2.10 bits per heavy atom. The van der Waals surface area contributed by atoms with Crippen LogP contribution in [0.3, 0.4) is 0 Å². The summed E-state index contributed by atoms with van der Waals surface area (Å²) in [5.41, 5.74) is 1.11. The number of thiophene rings is 1. The predicted molar refractivity (Wildman–Crippen MR) is 107 cm³/mol. The van der Waals surface area contributed by atoms with Crippen molar-refractivity contribution in [3.8, 4) is 17.5 Å². The van der Waals surface area contributed by atoms with Crippen molar-refractivity contribution < 1.29 is 18.0 Å². The fourth-order valence-corrected chi connectivity index (χ4v) is 4.86. The number of nitrogens with one attached hydrogen (secondary N) is 1. The number of carbonyl (C=O) groups is 1. The molecule has 1 aliphatic carbocycles. The van der Waals surface area contributed by atoms with Crippen molar-refractivity contribution in [1.82, 2.24) is 20.2 Å². The molecule has 0 fully saturated rings. The van der Waals surface area contributed by atoms with Gasteiger partial charge in [-0.25, -0.2) is 0 Å². The van der Waals surface area contributed by atoms with Crippen molar-refractivity contribution in [3.05, 3.63) is 45.8 Å². The lowest BCUT2D eigenvalue weighted by atomic mass is 9.89. The van der Waals surface area contributed by atoms with Crippen LogP contribution in [0.5, 0.6) is 0 Å². The fourth-order valence-electron chi connectivity index (χ4n) is 3.49. The SMILES string of the molecule is C[C@@H]1CCc2c(sc(NC(=O)Cn3nnc(-c4ccc(C(F)(F)F)cc4)n3)c2C#N)C1. The van der Waals surface area contributed by atoms with Crippen LogP contribution in [0.25, 0.3) is 11.4 Å². The third-order valence-electron chi connectivity index (χ3n) is 5.08. The van der Waals surface area contributed by atoms with Gasteiger partial charge in [0.2, 0.25) is 11.7 Å². The Kier molecular flexibility index (Phi) is 5.49. The monoisotopic (exact) mass is 446 g/mol. The highest BCUT2D eigenvalue weighted by Crippen LogP contribution is 2.39. The molecule has 0 saturated carbocycles. The van der Waals surface area contributed by atoms with Crippen molar-refractivity contribution in [2.75, 3.05) is 5.32 Å². The summed E-state index contributed by atoms with van der Waals surface area (Å²) in [4.78, 5) is 14.7. The number of nitriles is 1. The Morgan fingerprint density at radius 1 is 1.35 bits per heavy atom. The highest BCUT2D eigenvalue weighted by atomic mass is 32.1. The van der Waals surface area contributed by atoms with Crippen LogP contribution < -0.4 is 5.32 Å². The number of benzene rings is 1. The first kappa shape index (κ1) is 21.0. The molecule has 4 rings (SSSR count). The molecule has 0 unspecified atom stereocenters. The normalized spacial score (nSPS) is 15.9. The zero-order chi connectivity index (χ0) is 22.2. The van der Waals surface area contributed by atoms with Crippen LogP contribution in [-0.4, -0.2) is 26.1 Å². The van der Waals surface area contributed by atoms with E-state index in [2.05, 4.69) is 33.7 Å². The Balaban J connectivity index is 1.45. The number of fused-ring (bicyclic) bond motifs is 1. The van der Waals surface area contributed by atoms with E-state index in [4.69, 9.17) is 0 Å². The summed E-state index contributed by atoms with van der Waals surface area (Å²) in [5, 5.41) is 24.5. The number of tetrazole rings is 1. The molecule has 1 atom stereocenters. The number of carbonyl (C=O) groups excluding carboxylic acids is 1. The van der Waals surface area contributed by atoms with Gasteiger partial charge >= 0.3 is 6.18 Å². The van der Waals surface area contributed by atoms with Crippen LogP contribution in [0, 0.1) is 17.2 Å². The van der Waals surface area contributed by atoms with Crippen LogP contribution >= 0.6 is 11.3 Å². The van der Waals surface area contributed by atoms with Gasteiger partial charge < -0.3 is 5.32 Å². The Bertz CT molecular complexity index is 1160. The highest BCUT2D eigenvalue weighted by molar-refractivity contribution is 7.16. The quantitative estimate of drug-likeness (QED) is 0.652. The largest absolute Gasteiger partial charge is 0.416 e. The van der Waals surface area contributed by atoms with Crippen molar-refractivity contribution in [3.63, 3.8) is 0 Å². The molecule has 7 nitrogen and oxygen atoms in total. The van der Waals surface area contributed by atoms with E-state index in [0.717, 1.165) is 46.6 Å². The first-order chi connectivity index (χ1) is 14.7. The lowest BCUT2D eigenvalue weighted by Gasteiger charge is -2.17. The van der Waals surface area contributed by atoms with Crippen LogP contribution in [0.1, 0.15) is 34.9 Å². The first-order valence-electron chi connectivity index (χ1n) is 9.54. The Morgan fingerprint density at radius 3 is 2.77 bits per heavy atom. The van der Waals surface area contributed by atoms with Gasteiger partial charge in [-0.2, -0.15) is 23.2 Å². The number of nitrogens with zero attached hydrogens (tertiary/aromatic N) is 5. The Hall–Kier alpha value is -3.26. The van der Waals surface area contributed by atoms with Gasteiger partial charge in [0.25, 0.3) is 0 Å². The molecule has 2 heterocycles. The van der Waals surface area contributed by atoms with E-state index in [0.29, 0.717) is 22.0 Å². The molecule has 0 radical (unpaired) electrons. The standard InChI is InChI=1S/C20H17F3N6OS/c1-11-2-7-14-15(9-24)19(31-16(14)8-11)25-17(30)10-29-27-18(26-28-29)12-3-5-13(6-4-12)20(21,22)23/h3-6,11H,2,7-8,10H2,1H3,(H,25,30)/t11-/m1/s1. The Labute approximate surface area is 179 Å². The van der Waals surface area contributed by atoms with Crippen molar-refractivity contribution >= 4 is 22.2 Å². The van der Waals surface area contributed by atoms with Crippen LogP contribution in [0.15, 0.2) is 24.3 Å². The molecule has 3 aromatic rings. The summed E-state index contributed by atoms with van der Waals surface area (Å²) < 4.78 is 38.1. The van der Waals surface area contributed by atoms with E-state index in [-0.39, 0.29) is 12.4 Å². The third-order valence-corrected chi connectivity index (χ3v) is 6.25. The van der Waals surface area contributed by atoms with Gasteiger partial charge in [-0.15, -0.1) is 21.5 Å². The van der Waals surface area contributed by atoms with Crippen molar-refractivity contribution in [1.29, 1.82) is 5.26 Å². The molecule has 1 amide bonds. The second-order valence-electron chi connectivity index (χ2n) is 7.43. The highest BCUT2D eigenvalue weighted by Gasteiger charge is 2.30. The minimum absolute atomic E-state index is 0.111. The second kappa shape index (κ2) is 8.11. The summed E-state index contributed by atoms with van der Waals surface area (Å²) in [6.07, 6.45) is -1.69. The number of amides is 1. The molecule has 11 heteroatoms. The molecular weight excluding hydrogens is 429 g/mol. The molecular formula is C20H17F3N6OS. The van der Waals surface area contributed by atoms with Crippen LogP contribution in [0.4, 0.5) is 18.2 Å². The van der Waals surface area contributed by atoms with Gasteiger partial charge in [0.15, 0.2) is 0 Å². The predicted octanol–water partition coefficient (Wildman–Crippen LogP) is 4.06. The maximum absolute atomic E-state index is 12.7. The molecule has 160 valence electrons. The maximum Gasteiger partial charge on any atom is 0.416 e. The smallest absolute Gasteiger partial charge is 0.315 e. The molecule has 1 aliphatic rings. The molecule has 1 N–H and O–H groups in total. The van der Waals surface area contributed by atoms with Gasteiger partial charge in [0, 0.05) is 10.4 Å². The number of halogens is 3. The van der Waals surface area contributed by atoms with Gasteiger partial charge in [0.1, 0.15) is 17.6 Å². The van der Waals surface area contributed by atoms with E-state index in [1.54, 1.807) is 0 Å². The van der Waals surface area contributed by atoms with E-state index in [9.17, 15) is 23.2 Å². The average molecular weight is 446 g/mol. The summed E-state index contributed by atoms with van der Waals surface area (Å²) in [6, 6.07) is 6.57. The molecule has 0 bridgehead atoms. The van der Waals surface area contributed by atoms with Gasteiger partial charge in [0.05, 0.1) is 11.1 Å². The minimum atomic E-state index is -4.43. The summed E-state index contributed by atoms with van der Waals surface area (Å²) in [7, 11) is 0. The van der Waals surface area contributed by atoms with Crippen LogP contribution in [0.2, 0.25) is 0 Å². The summed E-state index contributed by atoms with van der Waals surface area (Å²) in [6.45, 7) is 1.93. The molecule has 0 spiro atoms. The number of alkyl halides is 3. The van der Waals surface area contributed by atoms with Crippen molar-refractivity contribution in [2.24, 2.45) is 5.92 Å². The van der Waals surface area contributed by atoms with Gasteiger partial charge in [-0.05, 0) is 48.1 Å². The minimum Gasteiger partial charge on any atom is -0.315 e. The molecule has 31 heavy (non-hydrogen) atoms. The van der Waals surface area contributed by atoms with E-state index < -0.39 is 17.6 Å². The van der Waals surface area contributed by atoms with Gasteiger partial charge in [-0.1, -0.05) is 19.1 Å². The number of rotatable bonds is 4. The molecule has 2 aromatic heterocycles. The summed E-state index contributed by atoms with van der Waals surface area (Å²) >= 11 is 1.42. The van der Waals surface area contributed by atoms with E-state index in [1.807, 2.05) is 0 Å². The molecule has 0 saturated heterocycles. The number of hydrogen-bond acceptors (Lipinski definition) is 6. The lowest BCUT2D eigenvalue weighted by molar-refractivity contribution is -0.137. The second-order valence-corrected chi connectivity index (χ2v) is 8.54. The lowest BCUT2D eigenvalue weighted by Crippen LogP contribution is -2.20. The number of aromatic nitrogens is 4. The number of hydrogen-bond donors (Lipinski definition) is 1. The summed E-state index contributed by atoms with van der Waals surface area (Å²) in [5.74, 6) is 0.239. The third kappa shape index (κ3) is 4.44. The van der Waals surface area contributed by atoms with Crippen LogP contribution in [-0.2, 0) is 30.4 Å². The number of anilines is 1. The fraction of sp³-hybridized carbons (Fsp3) is 0.350.